The molecule has 1 N–H and O–H groups in total. The van der Waals surface area contributed by atoms with Crippen molar-refractivity contribution in [1.82, 2.24) is 14.8 Å². The first-order chi connectivity index (χ1) is 8.29. The fourth-order valence-electron chi connectivity index (χ4n) is 2.25. The molecule has 94 valence electrons. The molecule has 0 aliphatic carbocycles. The van der Waals surface area contributed by atoms with E-state index in [1.54, 1.807) is 12.4 Å². The van der Waals surface area contributed by atoms with Crippen LogP contribution in [-0.2, 0) is 0 Å². The topological polar surface area (TPSA) is 39.6 Å². The number of hydrogen-bond acceptors (Lipinski definition) is 4. The van der Waals surface area contributed by atoms with Gasteiger partial charge in [0.2, 0.25) is 0 Å². The Morgan fingerprint density at radius 3 is 2.47 bits per heavy atom. The number of pyridine rings is 1. The van der Waals surface area contributed by atoms with Crippen molar-refractivity contribution < 1.29 is 5.11 Å². The highest BCUT2D eigenvalue weighted by molar-refractivity contribution is 5.16. The maximum atomic E-state index is 9.50. The maximum absolute atomic E-state index is 9.50. The van der Waals surface area contributed by atoms with Crippen LogP contribution in [0.5, 0.6) is 0 Å². The highest BCUT2D eigenvalue weighted by Crippen LogP contribution is 2.16. The van der Waals surface area contributed by atoms with Crippen molar-refractivity contribution >= 4 is 0 Å². The van der Waals surface area contributed by atoms with Crippen LogP contribution < -0.4 is 0 Å². The summed E-state index contributed by atoms with van der Waals surface area (Å²) in [4.78, 5) is 8.79. The van der Waals surface area contributed by atoms with E-state index in [4.69, 9.17) is 0 Å². The smallest absolute Gasteiger partial charge is 0.0512 e. The molecule has 0 radical (unpaired) electrons. The molecule has 1 aliphatic heterocycles. The van der Waals surface area contributed by atoms with Gasteiger partial charge in [0.05, 0.1) is 6.61 Å². The Hall–Kier alpha value is -0.970. The number of aliphatic hydroxyl groups is 1. The zero-order valence-corrected chi connectivity index (χ0v) is 10.4. The molecule has 0 amide bonds. The number of piperazine rings is 1. The molecule has 17 heavy (non-hydrogen) atoms. The van der Waals surface area contributed by atoms with E-state index in [1.807, 2.05) is 12.1 Å². The minimum Gasteiger partial charge on any atom is -0.396 e. The van der Waals surface area contributed by atoms with E-state index in [0.717, 1.165) is 32.7 Å². The van der Waals surface area contributed by atoms with E-state index in [-0.39, 0.29) is 12.5 Å². The van der Waals surface area contributed by atoms with Crippen LogP contribution in [0.15, 0.2) is 24.5 Å². The predicted molar refractivity (Wildman–Crippen MR) is 68.0 cm³/mol. The van der Waals surface area contributed by atoms with Gasteiger partial charge in [0.1, 0.15) is 0 Å². The van der Waals surface area contributed by atoms with Crippen LogP contribution >= 0.6 is 0 Å². The molecule has 1 aliphatic rings. The molecule has 0 bridgehead atoms. The van der Waals surface area contributed by atoms with Crippen LogP contribution in [0.3, 0.4) is 0 Å². The quantitative estimate of drug-likeness (QED) is 0.820. The van der Waals surface area contributed by atoms with Gasteiger partial charge in [0.15, 0.2) is 0 Å². The molecule has 4 heteroatoms. The molecule has 2 rings (SSSR count). The lowest BCUT2D eigenvalue weighted by atomic mass is 10.0. The molecule has 1 saturated heterocycles. The van der Waals surface area contributed by atoms with Crippen LogP contribution in [0.1, 0.15) is 11.5 Å². The molecule has 0 aromatic carbocycles. The first-order valence-corrected chi connectivity index (χ1v) is 6.21. The lowest BCUT2D eigenvalue weighted by Gasteiger charge is -2.34. The number of aromatic nitrogens is 1. The van der Waals surface area contributed by atoms with Gasteiger partial charge in [-0.05, 0) is 24.7 Å². The number of nitrogens with zero attached hydrogens (tertiary/aromatic N) is 3. The second-order valence-electron chi connectivity index (χ2n) is 4.76. The summed E-state index contributed by atoms with van der Waals surface area (Å²) in [5.74, 6) is 0.210. The van der Waals surface area contributed by atoms with Crippen molar-refractivity contribution in [3.8, 4) is 0 Å². The van der Waals surface area contributed by atoms with Crippen molar-refractivity contribution in [3.05, 3.63) is 30.1 Å². The average molecular weight is 235 g/mol. The highest BCUT2D eigenvalue weighted by atomic mass is 16.3. The Bertz CT molecular complexity index is 323. The van der Waals surface area contributed by atoms with Gasteiger partial charge in [0, 0.05) is 51.0 Å². The molecule has 0 saturated carbocycles. The van der Waals surface area contributed by atoms with Crippen molar-refractivity contribution in [3.63, 3.8) is 0 Å². The first-order valence-electron chi connectivity index (χ1n) is 6.21. The van der Waals surface area contributed by atoms with Crippen molar-refractivity contribution in [2.75, 3.05) is 46.4 Å². The molecule has 1 aromatic heterocycles. The van der Waals surface area contributed by atoms with E-state index in [9.17, 15) is 5.11 Å². The molecule has 1 aromatic rings. The van der Waals surface area contributed by atoms with Crippen LogP contribution in [0, 0.1) is 0 Å². The van der Waals surface area contributed by atoms with E-state index in [2.05, 4.69) is 21.8 Å². The summed E-state index contributed by atoms with van der Waals surface area (Å²) < 4.78 is 0. The SMILES string of the molecule is CN1CCN(CC(CO)c2ccncc2)CC1. The lowest BCUT2D eigenvalue weighted by Crippen LogP contribution is -2.46. The molecular formula is C13H21N3O. The summed E-state index contributed by atoms with van der Waals surface area (Å²) in [6.07, 6.45) is 3.59. The van der Waals surface area contributed by atoms with Crippen molar-refractivity contribution in [2.45, 2.75) is 5.92 Å². The summed E-state index contributed by atoms with van der Waals surface area (Å²) in [6.45, 7) is 5.57. The lowest BCUT2D eigenvalue weighted by molar-refractivity contribution is 0.133. The summed E-state index contributed by atoms with van der Waals surface area (Å²) in [7, 11) is 2.16. The fraction of sp³-hybridized carbons (Fsp3) is 0.615. The predicted octanol–water partition coefficient (Wildman–Crippen LogP) is 0.405. The van der Waals surface area contributed by atoms with Gasteiger partial charge in [0.25, 0.3) is 0 Å². The van der Waals surface area contributed by atoms with Crippen molar-refractivity contribution in [1.29, 1.82) is 0 Å². The first kappa shape index (κ1) is 12.5. The molecule has 1 fully saturated rings. The van der Waals surface area contributed by atoms with E-state index in [1.165, 1.54) is 5.56 Å². The Kier molecular flexibility index (Phi) is 4.48. The minimum absolute atomic E-state index is 0.205. The Morgan fingerprint density at radius 1 is 1.24 bits per heavy atom. The second kappa shape index (κ2) is 6.10. The van der Waals surface area contributed by atoms with Crippen LogP contribution in [0.2, 0.25) is 0 Å². The zero-order valence-electron chi connectivity index (χ0n) is 10.4. The largest absolute Gasteiger partial charge is 0.396 e. The van der Waals surface area contributed by atoms with Gasteiger partial charge in [-0.15, -0.1) is 0 Å². The number of rotatable bonds is 4. The highest BCUT2D eigenvalue weighted by Gasteiger charge is 2.18. The van der Waals surface area contributed by atoms with Gasteiger partial charge in [-0.2, -0.15) is 0 Å². The summed E-state index contributed by atoms with van der Waals surface area (Å²) in [5, 5.41) is 9.50. The monoisotopic (exact) mass is 235 g/mol. The van der Waals surface area contributed by atoms with Gasteiger partial charge in [-0.25, -0.2) is 0 Å². The maximum Gasteiger partial charge on any atom is 0.0512 e. The summed E-state index contributed by atoms with van der Waals surface area (Å²) in [5.41, 5.74) is 1.18. The molecular weight excluding hydrogens is 214 g/mol. The summed E-state index contributed by atoms with van der Waals surface area (Å²) in [6, 6.07) is 3.99. The standard InChI is InChI=1S/C13H21N3O/c1-15-6-8-16(9-7-15)10-13(11-17)12-2-4-14-5-3-12/h2-5,13,17H,6-11H2,1H3. The minimum atomic E-state index is 0.205. The van der Waals surface area contributed by atoms with Gasteiger partial charge < -0.3 is 14.9 Å². The molecule has 4 nitrogen and oxygen atoms in total. The van der Waals surface area contributed by atoms with E-state index >= 15 is 0 Å². The zero-order chi connectivity index (χ0) is 12.1. The third kappa shape index (κ3) is 3.49. The molecule has 2 heterocycles. The van der Waals surface area contributed by atoms with Gasteiger partial charge in [-0.1, -0.05) is 0 Å². The van der Waals surface area contributed by atoms with E-state index in [0.29, 0.717) is 0 Å². The number of aliphatic hydroxyl groups excluding tert-OH is 1. The van der Waals surface area contributed by atoms with Crippen molar-refractivity contribution in [2.24, 2.45) is 0 Å². The number of likely N-dealkylation sites (N-methyl/N-ethyl adjacent to an activating group) is 1. The van der Waals surface area contributed by atoms with E-state index < -0.39 is 0 Å². The summed E-state index contributed by atoms with van der Waals surface area (Å²) >= 11 is 0. The van der Waals surface area contributed by atoms with Crippen LogP contribution in [0.25, 0.3) is 0 Å². The van der Waals surface area contributed by atoms with Crippen LogP contribution in [-0.4, -0.2) is 66.3 Å². The molecule has 1 unspecified atom stereocenters. The van der Waals surface area contributed by atoms with Gasteiger partial charge in [-0.3, -0.25) is 4.98 Å². The molecule has 1 atom stereocenters. The van der Waals surface area contributed by atoms with Gasteiger partial charge >= 0.3 is 0 Å². The Labute approximate surface area is 103 Å². The Balaban J connectivity index is 1.92. The van der Waals surface area contributed by atoms with Crippen LogP contribution in [0.4, 0.5) is 0 Å². The third-order valence-electron chi connectivity index (χ3n) is 3.47. The second-order valence-corrected chi connectivity index (χ2v) is 4.76. The normalized spacial score (nSPS) is 20.4. The fourth-order valence-corrected chi connectivity index (χ4v) is 2.25. The Morgan fingerprint density at radius 2 is 1.88 bits per heavy atom. The molecule has 0 spiro atoms. The average Bonchev–Trinajstić information content (AvgIpc) is 2.39. The third-order valence-corrected chi connectivity index (χ3v) is 3.47. The number of hydrogen-bond donors (Lipinski definition) is 1.